The lowest BCUT2D eigenvalue weighted by atomic mass is 9.77. The fraction of sp³-hybridized carbons (Fsp3) is 0.739. The van der Waals surface area contributed by atoms with E-state index in [1.807, 2.05) is 16.9 Å². The summed E-state index contributed by atoms with van der Waals surface area (Å²) >= 11 is 0. The smallest absolute Gasteiger partial charge is 0.151 e. The SMILES string of the molecule is OC1(c2cn([C@@H]3C[C@@H]4CN(c5cccnn5)C[C@@H]4C[C@H]3OCC3CC3)nn2)CCCC1. The molecule has 0 bridgehead atoms. The van der Waals surface area contributed by atoms with Crippen molar-refractivity contribution in [2.45, 2.75) is 69.1 Å². The van der Waals surface area contributed by atoms with Crippen LogP contribution in [0.2, 0.25) is 0 Å². The number of aromatic nitrogens is 5. The Morgan fingerprint density at radius 3 is 2.65 bits per heavy atom. The average Bonchev–Trinajstić information content (AvgIpc) is 3.17. The molecule has 4 fully saturated rings. The van der Waals surface area contributed by atoms with Gasteiger partial charge in [0.1, 0.15) is 11.3 Å². The van der Waals surface area contributed by atoms with Crippen LogP contribution in [0.15, 0.2) is 24.5 Å². The van der Waals surface area contributed by atoms with Gasteiger partial charge in [-0.2, -0.15) is 5.10 Å². The summed E-state index contributed by atoms with van der Waals surface area (Å²) in [5.41, 5.74) is -0.0589. The van der Waals surface area contributed by atoms with Crippen molar-refractivity contribution in [1.82, 2.24) is 25.2 Å². The third-order valence-corrected chi connectivity index (χ3v) is 7.97. The van der Waals surface area contributed by atoms with E-state index in [1.54, 1.807) is 6.20 Å². The molecular weight excluding hydrogens is 392 g/mol. The minimum atomic E-state index is -0.796. The summed E-state index contributed by atoms with van der Waals surface area (Å²) in [5.74, 6) is 2.89. The number of anilines is 1. The van der Waals surface area contributed by atoms with Crippen LogP contribution in [0, 0.1) is 17.8 Å². The first-order chi connectivity index (χ1) is 15.2. The first-order valence-electron chi connectivity index (χ1n) is 12.0. The molecule has 0 spiro atoms. The molecule has 0 aromatic carbocycles. The Kier molecular flexibility index (Phi) is 4.94. The fourth-order valence-electron chi connectivity index (χ4n) is 5.91. The van der Waals surface area contributed by atoms with E-state index in [0.717, 1.165) is 75.7 Å². The number of fused-ring (bicyclic) bond motifs is 1. The lowest BCUT2D eigenvalue weighted by Gasteiger charge is -2.37. The van der Waals surface area contributed by atoms with Crippen molar-refractivity contribution < 1.29 is 9.84 Å². The van der Waals surface area contributed by atoms with Gasteiger partial charge in [-0.05, 0) is 68.4 Å². The molecule has 1 saturated heterocycles. The van der Waals surface area contributed by atoms with Gasteiger partial charge >= 0.3 is 0 Å². The van der Waals surface area contributed by atoms with Crippen LogP contribution in [-0.2, 0) is 10.3 Å². The van der Waals surface area contributed by atoms with Gasteiger partial charge < -0.3 is 14.7 Å². The Morgan fingerprint density at radius 2 is 1.90 bits per heavy atom. The molecule has 166 valence electrons. The molecular formula is C23H32N6O2. The summed E-state index contributed by atoms with van der Waals surface area (Å²) in [5, 5.41) is 28.3. The highest BCUT2D eigenvalue weighted by Gasteiger charge is 2.45. The quantitative estimate of drug-likeness (QED) is 0.763. The molecule has 1 N–H and O–H groups in total. The van der Waals surface area contributed by atoms with Gasteiger partial charge in [0.05, 0.1) is 18.3 Å². The van der Waals surface area contributed by atoms with E-state index >= 15 is 0 Å². The van der Waals surface area contributed by atoms with Crippen LogP contribution in [0.3, 0.4) is 0 Å². The van der Waals surface area contributed by atoms with Crippen LogP contribution in [0.25, 0.3) is 0 Å². The van der Waals surface area contributed by atoms with Crippen LogP contribution in [0.4, 0.5) is 5.82 Å². The van der Waals surface area contributed by atoms with Crippen LogP contribution < -0.4 is 4.90 Å². The molecule has 31 heavy (non-hydrogen) atoms. The molecule has 6 rings (SSSR count). The minimum absolute atomic E-state index is 0.149. The van der Waals surface area contributed by atoms with E-state index in [-0.39, 0.29) is 12.1 Å². The lowest BCUT2D eigenvalue weighted by Crippen LogP contribution is -2.38. The molecule has 4 aliphatic rings. The number of ether oxygens (including phenoxy) is 1. The summed E-state index contributed by atoms with van der Waals surface area (Å²) in [6.07, 6.45) is 12.2. The maximum absolute atomic E-state index is 11.0. The molecule has 2 aromatic heterocycles. The highest BCUT2D eigenvalue weighted by Crippen LogP contribution is 2.44. The third-order valence-electron chi connectivity index (χ3n) is 7.97. The topological polar surface area (TPSA) is 89.2 Å². The Balaban J connectivity index is 1.22. The zero-order chi connectivity index (χ0) is 20.8. The maximum atomic E-state index is 11.0. The zero-order valence-electron chi connectivity index (χ0n) is 18.0. The van der Waals surface area contributed by atoms with Gasteiger partial charge in [-0.25, -0.2) is 4.68 Å². The number of hydrogen-bond donors (Lipinski definition) is 1. The van der Waals surface area contributed by atoms with Crippen LogP contribution in [0.1, 0.15) is 63.1 Å². The van der Waals surface area contributed by atoms with Gasteiger partial charge in [0, 0.05) is 25.9 Å². The van der Waals surface area contributed by atoms with Crippen LogP contribution in [0.5, 0.6) is 0 Å². The summed E-state index contributed by atoms with van der Waals surface area (Å²) in [6.45, 7) is 2.88. The first kappa shape index (κ1) is 19.6. The second-order valence-corrected chi connectivity index (χ2v) is 10.2. The molecule has 3 aliphatic carbocycles. The van der Waals surface area contributed by atoms with Crippen molar-refractivity contribution in [3.63, 3.8) is 0 Å². The van der Waals surface area contributed by atoms with E-state index in [9.17, 15) is 5.11 Å². The normalized spacial score (nSPS) is 32.4. The predicted molar refractivity (Wildman–Crippen MR) is 114 cm³/mol. The lowest BCUT2D eigenvalue weighted by molar-refractivity contribution is -0.0376. The monoisotopic (exact) mass is 424 g/mol. The molecule has 0 amide bonds. The Labute approximate surface area is 183 Å². The molecule has 3 saturated carbocycles. The summed E-state index contributed by atoms with van der Waals surface area (Å²) in [7, 11) is 0. The fourth-order valence-corrected chi connectivity index (χ4v) is 5.91. The molecule has 0 unspecified atom stereocenters. The summed E-state index contributed by atoms with van der Waals surface area (Å²) in [6, 6.07) is 4.18. The largest absolute Gasteiger partial charge is 0.383 e. The van der Waals surface area contributed by atoms with Crippen molar-refractivity contribution in [2.75, 3.05) is 24.6 Å². The van der Waals surface area contributed by atoms with Gasteiger partial charge in [0.15, 0.2) is 5.82 Å². The molecule has 3 heterocycles. The second-order valence-electron chi connectivity index (χ2n) is 10.2. The molecule has 0 radical (unpaired) electrons. The average molecular weight is 425 g/mol. The van der Waals surface area contributed by atoms with E-state index in [4.69, 9.17) is 4.74 Å². The Bertz CT molecular complexity index is 894. The molecule has 4 atom stereocenters. The van der Waals surface area contributed by atoms with Crippen LogP contribution >= 0.6 is 0 Å². The van der Waals surface area contributed by atoms with E-state index < -0.39 is 5.60 Å². The van der Waals surface area contributed by atoms with Crippen molar-refractivity contribution in [3.05, 3.63) is 30.2 Å². The molecule has 2 aromatic rings. The van der Waals surface area contributed by atoms with Crippen LogP contribution in [-0.4, -0.2) is 56.1 Å². The van der Waals surface area contributed by atoms with Gasteiger partial charge in [-0.15, -0.1) is 10.2 Å². The summed E-state index contributed by atoms with van der Waals surface area (Å²) < 4.78 is 8.49. The maximum Gasteiger partial charge on any atom is 0.151 e. The minimum Gasteiger partial charge on any atom is -0.383 e. The van der Waals surface area contributed by atoms with Gasteiger partial charge in [-0.1, -0.05) is 18.1 Å². The standard InChI is InChI=1S/C23H32N6O2/c30-23(7-1-2-8-23)21-14-29(27-25-21)19-10-17-12-28(22-4-3-9-24-26-22)13-18(17)11-20(19)31-15-16-5-6-16/h3-4,9,14,16-20,30H,1-2,5-8,10-13,15H2/t17-,18+,19-,20-/m1/s1. The van der Waals surface area contributed by atoms with Gasteiger partial charge in [0.2, 0.25) is 0 Å². The van der Waals surface area contributed by atoms with Crippen molar-refractivity contribution in [2.24, 2.45) is 17.8 Å². The highest BCUT2D eigenvalue weighted by molar-refractivity contribution is 5.38. The Hall–Kier alpha value is -2.06. The summed E-state index contributed by atoms with van der Waals surface area (Å²) in [4.78, 5) is 2.37. The zero-order valence-corrected chi connectivity index (χ0v) is 18.0. The molecule has 8 nitrogen and oxygen atoms in total. The van der Waals surface area contributed by atoms with Gasteiger partial charge in [0.25, 0.3) is 0 Å². The second kappa shape index (κ2) is 7.81. The number of aliphatic hydroxyl groups is 1. The van der Waals surface area contributed by atoms with E-state index in [1.165, 1.54) is 12.8 Å². The van der Waals surface area contributed by atoms with Crippen molar-refractivity contribution in [1.29, 1.82) is 0 Å². The van der Waals surface area contributed by atoms with Crippen molar-refractivity contribution in [3.8, 4) is 0 Å². The third kappa shape index (κ3) is 3.84. The number of nitrogens with zero attached hydrogens (tertiary/aromatic N) is 6. The molecule has 8 heteroatoms. The van der Waals surface area contributed by atoms with E-state index in [2.05, 4.69) is 31.5 Å². The number of rotatable bonds is 6. The number of hydrogen-bond acceptors (Lipinski definition) is 7. The van der Waals surface area contributed by atoms with Crippen molar-refractivity contribution >= 4 is 5.82 Å². The van der Waals surface area contributed by atoms with E-state index in [0.29, 0.717) is 11.8 Å². The molecule has 1 aliphatic heterocycles. The first-order valence-corrected chi connectivity index (χ1v) is 12.0. The Morgan fingerprint density at radius 1 is 1.10 bits per heavy atom. The highest BCUT2D eigenvalue weighted by atomic mass is 16.5. The van der Waals surface area contributed by atoms with Gasteiger partial charge in [-0.3, -0.25) is 0 Å². The predicted octanol–water partition coefficient (Wildman–Crippen LogP) is 2.71.